The first-order valence-corrected chi connectivity index (χ1v) is 6.01. The Balaban J connectivity index is 2.23. The maximum absolute atomic E-state index is 10.8. The van der Waals surface area contributed by atoms with Crippen LogP contribution < -0.4 is 0 Å². The van der Waals surface area contributed by atoms with Crippen molar-refractivity contribution >= 4 is 29.3 Å². The summed E-state index contributed by atoms with van der Waals surface area (Å²) in [5, 5.41) is 0.501. The van der Waals surface area contributed by atoms with E-state index in [0.29, 0.717) is 11.6 Å². The molecule has 0 atom stereocenters. The van der Waals surface area contributed by atoms with Crippen LogP contribution in [-0.2, 0) is 15.3 Å². The largest absolute Gasteiger partial charge is 0.469 e. The zero-order chi connectivity index (χ0) is 11.1. The predicted octanol–water partition coefficient (Wildman–Crippen LogP) is 2.53. The molecule has 1 aromatic heterocycles. The Hall–Kier alpha value is -0.740. The average molecular weight is 246 g/mol. The van der Waals surface area contributed by atoms with Gasteiger partial charge in [0, 0.05) is 11.5 Å². The van der Waals surface area contributed by atoms with Crippen molar-refractivity contribution in [3.8, 4) is 0 Å². The zero-order valence-electron chi connectivity index (χ0n) is 8.40. The van der Waals surface area contributed by atoms with Crippen molar-refractivity contribution in [2.45, 2.75) is 12.2 Å². The second-order valence-corrected chi connectivity index (χ2v) is 4.32. The van der Waals surface area contributed by atoms with E-state index in [1.165, 1.54) is 7.11 Å². The summed E-state index contributed by atoms with van der Waals surface area (Å²) in [6.07, 6.45) is 0.432. The van der Waals surface area contributed by atoms with Crippen LogP contribution >= 0.6 is 23.4 Å². The van der Waals surface area contributed by atoms with E-state index in [1.807, 2.05) is 12.1 Å². The molecule has 0 aliphatic heterocycles. The van der Waals surface area contributed by atoms with Crippen LogP contribution in [0.1, 0.15) is 12.1 Å². The van der Waals surface area contributed by atoms with E-state index in [9.17, 15) is 4.79 Å². The first-order chi connectivity index (χ1) is 7.22. The molecule has 0 fully saturated rings. The smallest absolute Gasteiger partial charge is 0.306 e. The summed E-state index contributed by atoms with van der Waals surface area (Å²) < 4.78 is 4.53. The number of esters is 1. The zero-order valence-corrected chi connectivity index (χ0v) is 9.98. The molecule has 3 nitrogen and oxygen atoms in total. The lowest BCUT2D eigenvalue weighted by molar-refractivity contribution is -0.140. The van der Waals surface area contributed by atoms with Crippen LogP contribution in [0.25, 0.3) is 0 Å². The molecule has 0 aromatic carbocycles. The maximum Gasteiger partial charge on any atom is 0.306 e. The van der Waals surface area contributed by atoms with E-state index in [4.69, 9.17) is 11.6 Å². The molecule has 0 amide bonds. The summed E-state index contributed by atoms with van der Waals surface area (Å²) in [5.41, 5.74) is 0.928. The number of nitrogens with zero attached hydrogens (tertiary/aromatic N) is 1. The highest BCUT2D eigenvalue weighted by atomic mass is 35.5. The van der Waals surface area contributed by atoms with Gasteiger partial charge in [-0.05, 0) is 12.1 Å². The van der Waals surface area contributed by atoms with Gasteiger partial charge in [0.25, 0.3) is 0 Å². The van der Waals surface area contributed by atoms with E-state index < -0.39 is 0 Å². The van der Waals surface area contributed by atoms with Crippen molar-refractivity contribution in [2.24, 2.45) is 0 Å². The van der Waals surface area contributed by atoms with Gasteiger partial charge in [0.05, 0.1) is 19.2 Å². The van der Waals surface area contributed by atoms with Crippen molar-refractivity contribution in [3.63, 3.8) is 0 Å². The molecule has 0 bridgehead atoms. The fraction of sp³-hybridized carbons (Fsp3) is 0.400. The lowest BCUT2D eigenvalue weighted by atomic mass is 10.4. The third-order valence-corrected chi connectivity index (χ3v) is 2.90. The van der Waals surface area contributed by atoms with Crippen molar-refractivity contribution < 1.29 is 9.53 Å². The fourth-order valence-electron chi connectivity index (χ4n) is 0.965. The van der Waals surface area contributed by atoms with Crippen molar-refractivity contribution in [2.75, 3.05) is 12.9 Å². The Morgan fingerprint density at radius 2 is 2.40 bits per heavy atom. The Kier molecular flexibility index (Phi) is 5.50. The quantitative estimate of drug-likeness (QED) is 0.454. The number of hydrogen-bond acceptors (Lipinski definition) is 4. The van der Waals surface area contributed by atoms with Gasteiger partial charge in [-0.3, -0.25) is 4.79 Å². The monoisotopic (exact) mass is 245 g/mol. The molecule has 0 aliphatic rings. The molecule has 5 heteroatoms. The molecular weight excluding hydrogens is 234 g/mol. The number of methoxy groups -OCH3 is 1. The second-order valence-electron chi connectivity index (χ2n) is 2.83. The van der Waals surface area contributed by atoms with E-state index in [2.05, 4.69) is 9.72 Å². The molecule has 1 rings (SSSR count). The van der Waals surface area contributed by atoms with Gasteiger partial charge in [-0.25, -0.2) is 4.98 Å². The van der Waals surface area contributed by atoms with Crippen LogP contribution in [0.2, 0.25) is 5.15 Å². The van der Waals surface area contributed by atoms with Crippen LogP contribution in [0.4, 0.5) is 0 Å². The summed E-state index contributed by atoms with van der Waals surface area (Å²) in [6, 6.07) is 5.52. The van der Waals surface area contributed by atoms with E-state index in [1.54, 1.807) is 17.8 Å². The maximum atomic E-state index is 10.8. The molecule has 82 valence electrons. The van der Waals surface area contributed by atoms with Crippen LogP contribution in [0, 0.1) is 0 Å². The molecule has 15 heavy (non-hydrogen) atoms. The molecule has 1 aromatic rings. The number of aromatic nitrogens is 1. The summed E-state index contributed by atoms with van der Waals surface area (Å²) >= 11 is 7.37. The van der Waals surface area contributed by atoms with Gasteiger partial charge in [0.2, 0.25) is 0 Å². The lowest BCUT2D eigenvalue weighted by Crippen LogP contribution is -2.01. The number of hydrogen-bond donors (Lipinski definition) is 0. The summed E-state index contributed by atoms with van der Waals surface area (Å²) in [4.78, 5) is 14.9. The van der Waals surface area contributed by atoms with Gasteiger partial charge in [0.1, 0.15) is 5.15 Å². The minimum absolute atomic E-state index is 0.179. The Morgan fingerprint density at radius 3 is 3.07 bits per heavy atom. The molecule has 0 saturated carbocycles. The van der Waals surface area contributed by atoms with Gasteiger partial charge >= 0.3 is 5.97 Å². The van der Waals surface area contributed by atoms with Crippen molar-refractivity contribution in [1.82, 2.24) is 4.98 Å². The number of carbonyl (C=O) groups is 1. The highest BCUT2D eigenvalue weighted by Crippen LogP contribution is 2.13. The van der Waals surface area contributed by atoms with Crippen molar-refractivity contribution in [3.05, 3.63) is 29.0 Å². The summed E-state index contributed by atoms with van der Waals surface area (Å²) in [7, 11) is 1.39. The number of thioether (sulfide) groups is 1. The lowest BCUT2D eigenvalue weighted by Gasteiger charge is -2.01. The standard InChI is InChI=1S/C10H12ClNO2S/c1-14-10(13)5-6-15-7-8-3-2-4-9(11)12-8/h2-4H,5-7H2,1H3. The number of ether oxygens (including phenoxy) is 1. The van der Waals surface area contributed by atoms with Crippen LogP contribution in [0.5, 0.6) is 0 Å². The van der Waals surface area contributed by atoms with Gasteiger partial charge in [-0.15, -0.1) is 0 Å². The van der Waals surface area contributed by atoms with E-state index in [0.717, 1.165) is 17.2 Å². The van der Waals surface area contributed by atoms with Gasteiger partial charge in [-0.1, -0.05) is 17.7 Å². The molecular formula is C10H12ClNO2S. The normalized spacial score (nSPS) is 10.0. The molecule has 0 radical (unpaired) electrons. The summed E-state index contributed by atoms with van der Waals surface area (Å²) in [5.74, 6) is 1.32. The SMILES string of the molecule is COC(=O)CCSCc1cccc(Cl)n1. The number of rotatable bonds is 5. The third-order valence-electron chi connectivity index (χ3n) is 1.70. The Labute approximate surface area is 98.2 Å². The Bertz CT molecular complexity index is 333. The van der Waals surface area contributed by atoms with Crippen molar-refractivity contribution in [1.29, 1.82) is 0 Å². The number of carbonyl (C=O) groups excluding carboxylic acids is 1. The van der Waals surface area contributed by atoms with Crippen LogP contribution in [-0.4, -0.2) is 23.8 Å². The highest BCUT2D eigenvalue weighted by Gasteiger charge is 2.01. The molecule has 0 unspecified atom stereocenters. The molecule has 0 saturated heterocycles. The molecule has 0 N–H and O–H groups in total. The topological polar surface area (TPSA) is 39.2 Å². The third kappa shape index (κ3) is 5.04. The number of pyridine rings is 1. The second kappa shape index (κ2) is 6.69. The summed E-state index contributed by atoms with van der Waals surface area (Å²) in [6.45, 7) is 0. The molecule has 0 spiro atoms. The average Bonchev–Trinajstić information content (AvgIpc) is 2.24. The Morgan fingerprint density at radius 1 is 1.60 bits per heavy atom. The van der Waals surface area contributed by atoms with E-state index in [-0.39, 0.29) is 5.97 Å². The van der Waals surface area contributed by atoms with Crippen LogP contribution in [0.15, 0.2) is 18.2 Å². The van der Waals surface area contributed by atoms with Gasteiger partial charge < -0.3 is 4.74 Å². The first kappa shape index (κ1) is 12.3. The number of halogens is 1. The minimum atomic E-state index is -0.179. The molecule has 1 heterocycles. The van der Waals surface area contributed by atoms with Gasteiger partial charge in [-0.2, -0.15) is 11.8 Å². The minimum Gasteiger partial charge on any atom is -0.469 e. The van der Waals surface area contributed by atoms with Gasteiger partial charge in [0.15, 0.2) is 0 Å². The first-order valence-electron chi connectivity index (χ1n) is 4.48. The van der Waals surface area contributed by atoms with E-state index >= 15 is 0 Å². The van der Waals surface area contributed by atoms with Crippen LogP contribution in [0.3, 0.4) is 0 Å². The molecule has 0 aliphatic carbocycles. The highest BCUT2D eigenvalue weighted by molar-refractivity contribution is 7.98. The predicted molar refractivity (Wildman–Crippen MR) is 62.0 cm³/mol. The fourth-order valence-corrected chi connectivity index (χ4v) is 1.97.